The maximum atomic E-state index is 11.5. The van der Waals surface area contributed by atoms with E-state index in [2.05, 4.69) is 9.97 Å². The van der Waals surface area contributed by atoms with Crippen molar-refractivity contribution < 1.29 is 0 Å². The van der Waals surface area contributed by atoms with Crippen molar-refractivity contribution in [3.05, 3.63) is 21.6 Å². The molecule has 1 rings (SSSR count). The Morgan fingerprint density at radius 2 is 2.21 bits per heavy atom. The smallest absolute Gasteiger partial charge is 0.255 e. The van der Waals surface area contributed by atoms with Crippen LogP contribution in [0, 0.1) is 0 Å². The largest absolute Gasteiger partial charge is 0.369 e. The predicted molar refractivity (Wildman–Crippen MR) is 56.0 cm³/mol. The van der Waals surface area contributed by atoms with Crippen molar-refractivity contribution >= 4 is 5.95 Å². The van der Waals surface area contributed by atoms with Crippen LogP contribution in [0.3, 0.4) is 0 Å². The molecular formula is C9H16N4O. The molecule has 0 saturated heterocycles. The number of hydrogen-bond donors (Lipinski definition) is 3. The molecule has 0 unspecified atom stereocenters. The van der Waals surface area contributed by atoms with Crippen LogP contribution in [0.1, 0.15) is 24.6 Å². The molecule has 5 heteroatoms. The molecule has 0 spiro atoms. The van der Waals surface area contributed by atoms with E-state index in [9.17, 15) is 4.79 Å². The van der Waals surface area contributed by atoms with E-state index in [1.54, 1.807) is 0 Å². The highest BCUT2D eigenvalue weighted by atomic mass is 16.1. The Morgan fingerprint density at radius 1 is 1.50 bits per heavy atom. The summed E-state index contributed by atoms with van der Waals surface area (Å²) in [5.74, 6) is 0.184. The van der Waals surface area contributed by atoms with Gasteiger partial charge in [0, 0.05) is 5.56 Å². The van der Waals surface area contributed by atoms with Gasteiger partial charge in [-0.3, -0.25) is 9.78 Å². The number of nitrogen functional groups attached to an aromatic ring is 1. The summed E-state index contributed by atoms with van der Waals surface area (Å²) in [6.07, 6.45) is 2.18. The molecule has 1 heterocycles. The number of rotatable bonds is 4. The number of nitrogens with zero attached hydrogens (tertiary/aromatic N) is 1. The molecule has 0 aliphatic rings. The summed E-state index contributed by atoms with van der Waals surface area (Å²) in [5, 5.41) is 0. The number of aromatic amines is 1. The lowest BCUT2D eigenvalue weighted by molar-refractivity contribution is 0.796. The van der Waals surface area contributed by atoms with Gasteiger partial charge in [0.1, 0.15) is 0 Å². The predicted octanol–water partition coefficient (Wildman–Crippen LogP) is -0.194. The van der Waals surface area contributed by atoms with Crippen LogP contribution in [0.5, 0.6) is 0 Å². The highest BCUT2D eigenvalue weighted by molar-refractivity contribution is 5.25. The van der Waals surface area contributed by atoms with E-state index < -0.39 is 0 Å². The minimum Gasteiger partial charge on any atom is -0.369 e. The lowest BCUT2D eigenvalue weighted by Gasteiger charge is -2.05. The quantitative estimate of drug-likeness (QED) is 0.621. The summed E-state index contributed by atoms with van der Waals surface area (Å²) in [4.78, 5) is 18.1. The van der Waals surface area contributed by atoms with Crippen molar-refractivity contribution in [1.29, 1.82) is 0 Å². The number of aryl methyl sites for hydroxylation is 1. The molecule has 14 heavy (non-hydrogen) atoms. The Hall–Kier alpha value is -1.36. The number of nitrogens with two attached hydrogens (primary N) is 2. The van der Waals surface area contributed by atoms with Crippen LogP contribution in [0.15, 0.2) is 4.79 Å². The Morgan fingerprint density at radius 3 is 2.79 bits per heavy atom. The second-order valence-electron chi connectivity index (χ2n) is 3.12. The zero-order chi connectivity index (χ0) is 10.6. The summed E-state index contributed by atoms with van der Waals surface area (Å²) < 4.78 is 0. The van der Waals surface area contributed by atoms with Gasteiger partial charge in [-0.05, 0) is 25.8 Å². The van der Waals surface area contributed by atoms with Gasteiger partial charge in [-0.2, -0.15) is 0 Å². The standard InChI is InChI=1S/C9H16N4O/c1-2-7-6(4-3-5-10)8(14)13-9(11)12-7/h2-5,10H2,1H3,(H3,11,12,13,14). The van der Waals surface area contributed by atoms with Gasteiger partial charge in [0.25, 0.3) is 5.56 Å². The van der Waals surface area contributed by atoms with Gasteiger partial charge in [0.15, 0.2) is 0 Å². The van der Waals surface area contributed by atoms with E-state index in [0.29, 0.717) is 24.9 Å². The van der Waals surface area contributed by atoms with Crippen molar-refractivity contribution in [2.24, 2.45) is 5.73 Å². The maximum absolute atomic E-state index is 11.5. The summed E-state index contributed by atoms with van der Waals surface area (Å²) in [7, 11) is 0. The molecule has 0 saturated carbocycles. The van der Waals surface area contributed by atoms with E-state index in [1.807, 2.05) is 6.92 Å². The number of hydrogen-bond acceptors (Lipinski definition) is 4. The maximum Gasteiger partial charge on any atom is 0.255 e. The Labute approximate surface area is 82.5 Å². The lowest BCUT2D eigenvalue weighted by Crippen LogP contribution is -2.20. The summed E-state index contributed by atoms with van der Waals surface area (Å²) >= 11 is 0. The van der Waals surface area contributed by atoms with E-state index in [1.165, 1.54) is 0 Å². The number of aromatic nitrogens is 2. The average molecular weight is 196 g/mol. The molecule has 5 N–H and O–H groups in total. The summed E-state index contributed by atoms with van der Waals surface area (Å²) in [5.41, 5.74) is 12.2. The van der Waals surface area contributed by atoms with Crippen molar-refractivity contribution in [2.45, 2.75) is 26.2 Å². The van der Waals surface area contributed by atoms with Gasteiger partial charge in [-0.1, -0.05) is 6.92 Å². The lowest BCUT2D eigenvalue weighted by atomic mass is 10.1. The molecule has 0 amide bonds. The average Bonchev–Trinajstić information content (AvgIpc) is 2.15. The Balaban J connectivity index is 3.06. The van der Waals surface area contributed by atoms with Crippen LogP contribution in [0.25, 0.3) is 0 Å². The van der Waals surface area contributed by atoms with Crippen LogP contribution >= 0.6 is 0 Å². The van der Waals surface area contributed by atoms with E-state index >= 15 is 0 Å². The monoisotopic (exact) mass is 196 g/mol. The van der Waals surface area contributed by atoms with Gasteiger partial charge in [0.2, 0.25) is 5.95 Å². The molecule has 0 aliphatic heterocycles. The van der Waals surface area contributed by atoms with Crippen LogP contribution in [-0.2, 0) is 12.8 Å². The summed E-state index contributed by atoms with van der Waals surface area (Å²) in [6, 6.07) is 0. The van der Waals surface area contributed by atoms with Gasteiger partial charge >= 0.3 is 0 Å². The van der Waals surface area contributed by atoms with Crippen molar-refractivity contribution in [1.82, 2.24) is 9.97 Å². The third-order valence-electron chi connectivity index (χ3n) is 2.09. The SMILES string of the molecule is CCc1nc(N)[nH]c(=O)c1CCCN. The zero-order valence-corrected chi connectivity index (χ0v) is 8.34. The molecule has 0 fully saturated rings. The van der Waals surface area contributed by atoms with Crippen LogP contribution < -0.4 is 17.0 Å². The van der Waals surface area contributed by atoms with E-state index in [4.69, 9.17) is 11.5 Å². The molecule has 0 bridgehead atoms. The fourth-order valence-corrected chi connectivity index (χ4v) is 1.39. The van der Waals surface area contributed by atoms with Crippen LogP contribution in [-0.4, -0.2) is 16.5 Å². The van der Waals surface area contributed by atoms with Crippen molar-refractivity contribution in [3.8, 4) is 0 Å². The van der Waals surface area contributed by atoms with E-state index in [-0.39, 0.29) is 11.5 Å². The number of H-pyrrole nitrogens is 1. The second kappa shape index (κ2) is 4.76. The Bertz CT molecular complexity index is 358. The molecule has 0 aliphatic carbocycles. The summed E-state index contributed by atoms with van der Waals surface area (Å²) in [6.45, 7) is 2.53. The third-order valence-corrected chi connectivity index (χ3v) is 2.09. The molecule has 78 valence electrons. The van der Waals surface area contributed by atoms with Crippen molar-refractivity contribution in [2.75, 3.05) is 12.3 Å². The van der Waals surface area contributed by atoms with Crippen molar-refractivity contribution in [3.63, 3.8) is 0 Å². The van der Waals surface area contributed by atoms with Gasteiger partial charge in [-0.25, -0.2) is 4.98 Å². The fraction of sp³-hybridized carbons (Fsp3) is 0.556. The highest BCUT2D eigenvalue weighted by Gasteiger charge is 2.07. The fourth-order valence-electron chi connectivity index (χ4n) is 1.39. The molecule has 0 aromatic carbocycles. The van der Waals surface area contributed by atoms with Crippen LogP contribution in [0.2, 0.25) is 0 Å². The number of nitrogens with one attached hydrogen (secondary N) is 1. The number of anilines is 1. The molecule has 1 aromatic rings. The molecule has 0 radical (unpaired) electrons. The highest BCUT2D eigenvalue weighted by Crippen LogP contribution is 2.05. The first-order chi connectivity index (χ1) is 6.69. The van der Waals surface area contributed by atoms with Gasteiger partial charge in [0.05, 0.1) is 5.69 Å². The normalized spacial score (nSPS) is 10.4. The third kappa shape index (κ3) is 2.32. The van der Waals surface area contributed by atoms with Crippen LogP contribution in [0.4, 0.5) is 5.95 Å². The molecular weight excluding hydrogens is 180 g/mol. The second-order valence-corrected chi connectivity index (χ2v) is 3.12. The Kier molecular flexibility index (Phi) is 3.64. The first-order valence-electron chi connectivity index (χ1n) is 4.76. The van der Waals surface area contributed by atoms with Gasteiger partial charge < -0.3 is 11.5 Å². The first-order valence-corrected chi connectivity index (χ1v) is 4.76. The molecule has 1 aromatic heterocycles. The van der Waals surface area contributed by atoms with E-state index in [0.717, 1.165) is 12.1 Å². The zero-order valence-electron chi connectivity index (χ0n) is 8.34. The minimum atomic E-state index is -0.136. The topological polar surface area (TPSA) is 97.8 Å². The molecule has 0 atom stereocenters. The van der Waals surface area contributed by atoms with Gasteiger partial charge in [-0.15, -0.1) is 0 Å². The first kappa shape index (κ1) is 10.7. The molecule has 5 nitrogen and oxygen atoms in total. The minimum absolute atomic E-state index is 0.136.